The van der Waals surface area contributed by atoms with E-state index in [1.165, 1.54) is 19.4 Å². The van der Waals surface area contributed by atoms with Gasteiger partial charge in [0.15, 0.2) is 11.5 Å². The molecule has 0 spiro atoms. The smallest absolute Gasteiger partial charge is 0.271 e. The van der Waals surface area contributed by atoms with E-state index in [9.17, 15) is 9.90 Å². The number of hydrazone groups is 1. The van der Waals surface area contributed by atoms with Crippen LogP contribution in [0, 0.1) is 0 Å². The van der Waals surface area contributed by atoms with Gasteiger partial charge in [-0.1, -0.05) is 11.6 Å². The molecule has 3 N–H and O–H groups in total. The third-order valence-corrected chi connectivity index (χ3v) is 4.70. The number of halogens is 1. The summed E-state index contributed by atoms with van der Waals surface area (Å²) in [6.07, 6.45) is 1.43. The molecule has 0 fully saturated rings. The van der Waals surface area contributed by atoms with Crippen LogP contribution in [0.15, 0.2) is 65.8 Å². The van der Waals surface area contributed by atoms with Crippen LogP contribution in [0.3, 0.4) is 0 Å². The highest BCUT2D eigenvalue weighted by molar-refractivity contribution is 6.30. The number of aromatic nitrogens is 2. The van der Waals surface area contributed by atoms with Crippen LogP contribution in [0.25, 0.3) is 22.4 Å². The molecule has 0 radical (unpaired) electrons. The van der Waals surface area contributed by atoms with E-state index in [2.05, 4.69) is 20.5 Å². The lowest BCUT2D eigenvalue weighted by Crippen LogP contribution is -2.17. The molecule has 8 heteroatoms. The Morgan fingerprint density at radius 3 is 2.70 bits per heavy atom. The molecule has 1 heterocycles. The Bertz CT molecular complexity index is 1250. The Kier molecular flexibility index (Phi) is 5.36. The van der Waals surface area contributed by atoms with Gasteiger partial charge in [0.05, 0.1) is 24.4 Å². The number of nitrogens with zero attached hydrogens (tertiary/aromatic N) is 2. The minimum Gasteiger partial charge on any atom is -0.504 e. The molecule has 30 heavy (non-hydrogen) atoms. The number of hydrogen-bond donors (Lipinski definition) is 3. The number of fused-ring (bicyclic) bond motifs is 1. The first-order valence-corrected chi connectivity index (χ1v) is 9.37. The number of ether oxygens (including phenoxy) is 1. The van der Waals surface area contributed by atoms with Crippen molar-refractivity contribution in [3.05, 3.63) is 76.8 Å². The predicted molar refractivity (Wildman–Crippen MR) is 116 cm³/mol. The molecule has 7 nitrogen and oxygen atoms in total. The Hall–Kier alpha value is -3.84. The quantitative estimate of drug-likeness (QED) is 0.330. The zero-order valence-electron chi connectivity index (χ0n) is 15.9. The van der Waals surface area contributed by atoms with Crippen LogP contribution in [-0.4, -0.2) is 34.3 Å². The number of phenolic OH excluding ortho intramolecular Hbond substituents is 1. The number of benzene rings is 3. The van der Waals surface area contributed by atoms with E-state index in [0.717, 1.165) is 16.6 Å². The van der Waals surface area contributed by atoms with Crippen molar-refractivity contribution >= 4 is 34.8 Å². The molecular weight excluding hydrogens is 404 g/mol. The molecule has 0 aliphatic heterocycles. The van der Waals surface area contributed by atoms with Gasteiger partial charge in [-0.3, -0.25) is 4.79 Å². The third kappa shape index (κ3) is 4.11. The SMILES string of the molecule is COc1ccc(/C=N/NC(=O)c2ccc3nc(-c4ccc(Cl)cc4)[nH]c3c2)cc1O. The van der Waals surface area contributed by atoms with Crippen molar-refractivity contribution in [3.8, 4) is 22.9 Å². The van der Waals surface area contributed by atoms with E-state index in [-0.39, 0.29) is 11.7 Å². The van der Waals surface area contributed by atoms with Crippen LogP contribution in [0.2, 0.25) is 5.02 Å². The van der Waals surface area contributed by atoms with Crippen LogP contribution in [0.4, 0.5) is 0 Å². The van der Waals surface area contributed by atoms with Gasteiger partial charge in [0.2, 0.25) is 0 Å². The number of carbonyl (C=O) groups is 1. The second-order valence-corrected chi connectivity index (χ2v) is 6.89. The van der Waals surface area contributed by atoms with E-state index in [1.807, 2.05) is 12.1 Å². The number of rotatable bonds is 5. The molecule has 0 aliphatic rings. The number of aromatic amines is 1. The molecule has 1 aromatic heterocycles. The van der Waals surface area contributed by atoms with E-state index < -0.39 is 0 Å². The summed E-state index contributed by atoms with van der Waals surface area (Å²) in [5.74, 6) is 0.682. The molecule has 3 aromatic carbocycles. The lowest BCUT2D eigenvalue weighted by molar-refractivity contribution is 0.0955. The molecule has 0 aliphatic carbocycles. The zero-order chi connectivity index (χ0) is 21.1. The highest BCUT2D eigenvalue weighted by Gasteiger charge is 2.10. The van der Waals surface area contributed by atoms with Crippen molar-refractivity contribution in [1.82, 2.24) is 15.4 Å². The van der Waals surface area contributed by atoms with E-state index >= 15 is 0 Å². The Morgan fingerprint density at radius 1 is 1.17 bits per heavy atom. The molecule has 0 atom stereocenters. The van der Waals surface area contributed by atoms with Crippen molar-refractivity contribution in [2.75, 3.05) is 7.11 Å². The molecule has 0 saturated heterocycles. The molecule has 1 amide bonds. The first-order chi connectivity index (χ1) is 14.5. The van der Waals surface area contributed by atoms with Gasteiger partial charge < -0.3 is 14.8 Å². The topological polar surface area (TPSA) is 99.6 Å². The van der Waals surface area contributed by atoms with E-state index in [4.69, 9.17) is 16.3 Å². The van der Waals surface area contributed by atoms with Gasteiger partial charge in [0.1, 0.15) is 5.82 Å². The summed E-state index contributed by atoms with van der Waals surface area (Å²) in [4.78, 5) is 20.2. The average Bonchev–Trinajstić information content (AvgIpc) is 3.17. The average molecular weight is 421 g/mol. The van der Waals surface area contributed by atoms with E-state index in [1.54, 1.807) is 42.5 Å². The second kappa shape index (κ2) is 8.26. The summed E-state index contributed by atoms with van der Waals surface area (Å²) in [7, 11) is 1.47. The molecule has 4 rings (SSSR count). The molecule has 4 aromatic rings. The van der Waals surface area contributed by atoms with Gasteiger partial charge >= 0.3 is 0 Å². The van der Waals surface area contributed by atoms with Crippen LogP contribution in [0.5, 0.6) is 11.5 Å². The van der Waals surface area contributed by atoms with Gasteiger partial charge in [-0.15, -0.1) is 0 Å². The highest BCUT2D eigenvalue weighted by Crippen LogP contribution is 2.25. The Balaban J connectivity index is 1.49. The monoisotopic (exact) mass is 420 g/mol. The first kappa shape index (κ1) is 19.5. The minimum atomic E-state index is -0.367. The van der Waals surface area contributed by atoms with Crippen molar-refractivity contribution in [1.29, 1.82) is 0 Å². The number of H-pyrrole nitrogens is 1. The fourth-order valence-corrected chi connectivity index (χ4v) is 3.04. The van der Waals surface area contributed by atoms with Crippen molar-refractivity contribution in [2.24, 2.45) is 5.10 Å². The number of amides is 1. The van der Waals surface area contributed by atoms with Crippen LogP contribution in [-0.2, 0) is 0 Å². The number of imidazole rings is 1. The maximum absolute atomic E-state index is 12.4. The summed E-state index contributed by atoms with van der Waals surface area (Å²) in [6.45, 7) is 0. The first-order valence-electron chi connectivity index (χ1n) is 8.99. The largest absolute Gasteiger partial charge is 0.504 e. The number of hydrogen-bond acceptors (Lipinski definition) is 5. The number of methoxy groups -OCH3 is 1. The molecule has 0 unspecified atom stereocenters. The summed E-state index contributed by atoms with van der Waals surface area (Å²) in [5, 5.41) is 14.4. The van der Waals surface area contributed by atoms with Crippen LogP contribution >= 0.6 is 11.6 Å². The predicted octanol–water partition coefficient (Wildman–Crippen LogP) is 4.36. The lowest BCUT2D eigenvalue weighted by atomic mass is 10.2. The lowest BCUT2D eigenvalue weighted by Gasteiger charge is -2.03. The van der Waals surface area contributed by atoms with Crippen molar-refractivity contribution in [3.63, 3.8) is 0 Å². The maximum Gasteiger partial charge on any atom is 0.271 e. The summed E-state index contributed by atoms with van der Waals surface area (Å²) < 4.78 is 4.99. The van der Waals surface area contributed by atoms with Crippen molar-refractivity contribution < 1.29 is 14.6 Å². The molecular formula is C22H17ClN4O3. The normalized spacial score (nSPS) is 11.1. The number of aromatic hydroxyl groups is 1. The van der Waals surface area contributed by atoms with Gasteiger partial charge in [0, 0.05) is 16.1 Å². The number of phenols is 1. The number of nitrogens with one attached hydrogen (secondary N) is 2. The number of carbonyl (C=O) groups excluding carboxylic acids is 1. The summed E-state index contributed by atoms with van der Waals surface area (Å²) in [6, 6.07) is 17.3. The Labute approximate surface area is 177 Å². The van der Waals surface area contributed by atoms with Crippen molar-refractivity contribution in [2.45, 2.75) is 0 Å². The summed E-state index contributed by atoms with van der Waals surface area (Å²) >= 11 is 5.93. The fraction of sp³-hybridized carbons (Fsp3) is 0.0455. The maximum atomic E-state index is 12.4. The molecule has 0 saturated carbocycles. The fourth-order valence-electron chi connectivity index (χ4n) is 2.91. The molecule has 150 valence electrons. The zero-order valence-corrected chi connectivity index (χ0v) is 16.6. The van der Waals surface area contributed by atoms with Gasteiger partial charge in [-0.2, -0.15) is 5.10 Å². The summed E-state index contributed by atoms with van der Waals surface area (Å²) in [5.41, 5.74) is 5.90. The second-order valence-electron chi connectivity index (χ2n) is 6.45. The van der Waals surface area contributed by atoms with Crippen LogP contribution in [0.1, 0.15) is 15.9 Å². The van der Waals surface area contributed by atoms with Gasteiger partial charge in [-0.05, 0) is 66.2 Å². The van der Waals surface area contributed by atoms with Crippen LogP contribution < -0.4 is 10.2 Å². The van der Waals surface area contributed by atoms with Gasteiger partial charge in [-0.25, -0.2) is 10.4 Å². The third-order valence-electron chi connectivity index (χ3n) is 4.44. The van der Waals surface area contributed by atoms with Gasteiger partial charge in [0.25, 0.3) is 5.91 Å². The Morgan fingerprint density at radius 2 is 1.97 bits per heavy atom. The molecule has 0 bridgehead atoms. The minimum absolute atomic E-state index is 0.00559. The standard InChI is InChI=1S/C22H17ClN4O3/c1-30-20-9-2-13(10-19(20)28)12-24-27-22(29)15-5-8-17-18(11-15)26-21(25-17)14-3-6-16(23)7-4-14/h2-12,28H,1H3,(H,25,26)(H,27,29)/b24-12+. The highest BCUT2D eigenvalue weighted by atomic mass is 35.5. The van der Waals surface area contributed by atoms with E-state index in [0.29, 0.717) is 27.7 Å².